The molecule has 1 atom stereocenters. The monoisotopic (exact) mass is 439 g/mol. The Hall–Kier alpha value is -2.65. The normalized spacial score (nSPS) is 16.7. The lowest BCUT2D eigenvalue weighted by Gasteiger charge is -2.37. The van der Waals surface area contributed by atoms with Crippen molar-refractivity contribution in [2.45, 2.75) is 25.7 Å². The average molecular weight is 439 g/mol. The third-order valence-electron chi connectivity index (χ3n) is 5.45. The molecular weight excluding hydrogens is 414 g/mol. The summed E-state index contributed by atoms with van der Waals surface area (Å²) in [7, 11) is 1.41. The number of rotatable bonds is 6. The number of halogens is 4. The van der Waals surface area contributed by atoms with Crippen LogP contribution in [0.3, 0.4) is 0 Å². The molecule has 31 heavy (non-hydrogen) atoms. The van der Waals surface area contributed by atoms with Crippen LogP contribution >= 0.6 is 0 Å². The van der Waals surface area contributed by atoms with Gasteiger partial charge in [-0.15, -0.1) is 0 Å². The fraction of sp³-hybridized carbons (Fsp3) is 0.409. The summed E-state index contributed by atoms with van der Waals surface area (Å²) < 4.78 is 58.2. The van der Waals surface area contributed by atoms with Gasteiger partial charge in [0.25, 0.3) is 0 Å². The molecule has 1 N–H and O–H groups in total. The highest BCUT2D eigenvalue weighted by atomic mass is 19.4. The Morgan fingerprint density at radius 1 is 1.13 bits per heavy atom. The number of nitrogens with one attached hydrogen (secondary N) is 1. The Morgan fingerprint density at radius 2 is 1.81 bits per heavy atom. The van der Waals surface area contributed by atoms with Gasteiger partial charge in [0.15, 0.2) is 11.6 Å². The number of benzene rings is 2. The number of piperazine rings is 1. The van der Waals surface area contributed by atoms with E-state index in [1.54, 1.807) is 13.0 Å². The number of nitrogens with zero attached hydrogens (tertiary/aromatic N) is 2. The lowest BCUT2D eigenvalue weighted by molar-refractivity contribution is -0.137. The van der Waals surface area contributed by atoms with E-state index in [0.29, 0.717) is 32.7 Å². The van der Waals surface area contributed by atoms with Gasteiger partial charge in [-0.2, -0.15) is 13.2 Å². The fourth-order valence-electron chi connectivity index (χ4n) is 3.62. The van der Waals surface area contributed by atoms with E-state index in [0.717, 1.165) is 11.6 Å². The Kier molecular flexibility index (Phi) is 7.17. The summed E-state index contributed by atoms with van der Waals surface area (Å²) in [5.41, 5.74) is -0.291. The molecule has 3 rings (SSSR count). The van der Waals surface area contributed by atoms with Crippen molar-refractivity contribution in [3.05, 3.63) is 59.4 Å². The fourth-order valence-corrected chi connectivity index (χ4v) is 3.62. The summed E-state index contributed by atoms with van der Waals surface area (Å²) in [6.45, 7) is 4.71. The lowest BCUT2D eigenvalue weighted by Crippen LogP contribution is -2.52. The molecule has 0 saturated carbocycles. The maximum atomic E-state index is 13.9. The number of methoxy groups -OCH3 is 1. The van der Waals surface area contributed by atoms with Crippen molar-refractivity contribution in [1.82, 2.24) is 9.80 Å². The van der Waals surface area contributed by atoms with Crippen LogP contribution in [0.25, 0.3) is 0 Å². The molecule has 1 saturated heterocycles. The van der Waals surface area contributed by atoms with Crippen molar-refractivity contribution < 1.29 is 27.1 Å². The molecule has 2 aromatic carbocycles. The molecule has 168 valence electrons. The van der Waals surface area contributed by atoms with Gasteiger partial charge in [0.2, 0.25) is 5.91 Å². The number of carbonyl (C=O) groups is 1. The molecule has 1 fully saturated rings. The van der Waals surface area contributed by atoms with Crippen molar-refractivity contribution in [2.75, 3.05) is 38.6 Å². The molecule has 1 aliphatic rings. The van der Waals surface area contributed by atoms with Gasteiger partial charge >= 0.3 is 6.18 Å². The van der Waals surface area contributed by atoms with E-state index in [2.05, 4.69) is 10.2 Å². The maximum Gasteiger partial charge on any atom is 0.418 e. The standard InChI is InChI=1S/C22H25F4N3O2/c1-15(21(30)27-19-6-4-3-5-17(19)22(24,25)26)29-11-9-28(10-12-29)14-16-7-8-20(31-2)18(23)13-16/h3-8,13,15H,9-12,14H2,1-2H3,(H,27,30)/t15-/m1/s1. The number of para-hydroxylation sites is 1. The zero-order chi connectivity index (χ0) is 22.6. The summed E-state index contributed by atoms with van der Waals surface area (Å²) in [6, 6.07) is 9.20. The second kappa shape index (κ2) is 9.65. The zero-order valence-corrected chi connectivity index (χ0v) is 17.4. The van der Waals surface area contributed by atoms with Gasteiger partial charge in [0.05, 0.1) is 24.4 Å². The SMILES string of the molecule is COc1ccc(CN2CCN([C@H](C)C(=O)Nc3ccccc3C(F)(F)F)CC2)cc1F. The van der Waals surface area contributed by atoms with Crippen LogP contribution in [-0.4, -0.2) is 55.0 Å². The van der Waals surface area contributed by atoms with Crippen LogP contribution in [0.4, 0.5) is 23.2 Å². The van der Waals surface area contributed by atoms with Crippen molar-refractivity contribution >= 4 is 11.6 Å². The van der Waals surface area contributed by atoms with Crippen LogP contribution < -0.4 is 10.1 Å². The highest BCUT2D eigenvalue weighted by Gasteiger charge is 2.34. The van der Waals surface area contributed by atoms with Crippen molar-refractivity contribution in [2.24, 2.45) is 0 Å². The van der Waals surface area contributed by atoms with Crippen LogP contribution in [0.15, 0.2) is 42.5 Å². The first-order valence-electron chi connectivity index (χ1n) is 9.95. The van der Waals surface area contributed by atoms with Crippen molar-refractivity contribution in [3.63, 3.8) is 0 Å². The second-order valence-corrected chi connectivity index (χ2v) is 7.49. The van der Waals surface area contributed by atoms with E-state index >= 15 is 0 Å². The highest BCUT2D eigenvalue weighted by molar-refractivity contribution is 5.95. The first kappa shape index (κ1) is 23.0. The number of anilines is 1. The Labute approximate surface area is 178 Å². The van der Waals surface area contributed by atoms with Gasteiger partial charge in [-0.25, -0.2) is 4.39 Å². The summed E-state index contributed by atoms with van der Waals surface area (Å²) in [5.74, 6) is -0.703. The van der Waals surface area contributed by atoms with Crippen LogP contribution in [0.1, 0.15) is 18.1 Å². The van der Waals surface area contributed by atoms with E-state index in [1.807, 2.05) is 11.0 Å². The predicted molar refractivity (Wildman–Crippen MR) is 109 cm³/mol. The van der Waals surface area contributed by atoms with E-state index in [9.17, 15) is 22.4 Å². The van der Waals surface area contributed by atoms with Crippen LogP contribution in [-0.2, 0) is 17.5 Å². The summed E-state index contributed by atoms with van der Waals surface area (Å²) in [6.07, 6.45) is -4.54. The minimum Gasteiger partial charge on any atom is -0.494 e. The Balaban J connectivity index is 1.55. The number of carbonyl (C=O) groups excluding carboxylic acids is 1. The minimum absolute atomic E-state index is 0.195. The maximum absolute atomic E-state index is 13.9. The molecule has 0 radical (unpaired) electrons. The topological polar surface area (TPSA) is 44.8 Å². The molecule has 0 aliphatic carbocycles. The van der Waals surface area contributed by atoms with Crippen LogP contribution in [0.5, 0.6) is 5.75 Å². The van der Waals surface area contributed by atoms with Crippen molar-refractivity contribution in [3.8, 4) is 5.75 Å². The molecule has 1 amide bonds. The molecule has 2 aromatic rings. The van der Waals surface area contributed by atoms with Gasteiger partial charge < -0.3 is 10.1 Å². The van der Waals surface area contributed by atoms with E-state index < -0.39 is 29.5 Å². The third kappa shape index (κ3) is 5.74. The molecule has 1 aliphatic heterocycles. The molecule has 5 nitrogen and oxygen atoms in total. The van der Waals surface area contributed by atoms with Gasteiger partial charge in [0.1, 0.15) is 0 Å². The summed E-state index contributed by atoms with van der Waals surface area (Å²) in [4.78, 5) is 16.6. The quantitative estimate of drug-likeness (QED) is 0.692. The number of hydrogen-bond acceptors (Lipinski definition) is 4. The number of amides is 1. The van der Waals surface area contributed by atoms with Crippen LogP contribution in [0.2, 0.25) is 0 Å². The summed E-state index contributed by atoms with van der Waals surface area (Å²) >= 11 is 0. The minimum atomic E-state index is -4.54. The smallest absolute Gasteiger partial charge is 0.418 e. The lowest BCUT2D eigenvalue weighted by atomic mass is 10.1. The predicted octanol–water partition coefficient (Wildman–Crippen LogP) is 4.00. The molecule has 1 heterocycles. The molecule has 0 spiro atoms. The number of ether oxygens (including phenoxy) is 1. The first-order chi connectivity index (χ1) is 14.7. The molecule has 0 unspecified atom stereocenters. The van der Waals surface area contributed by atoms with E-state index in [1.165, 1.54) is 31.4 Å². The van der Waals surface area contributed by atoms with Gasteiger partial charge in [0, 0.05) is 32.7 Å². The van der Waals surface area contributed by atoms with Crippen molar-refractivity contribution in [1.29, 1.82) is 0 Å². The Morgan fingerprint density at radius 3 is 2.42 bits per heavy atom. The molecule has 0 aromatic heterocycles. The van der Waals surface area contributed by atoms with E-state index in [4.69, 9.17) is 4.74 Å². The van der Waals surface area contributed by atoms with Gasteiger partial charge in [-0.1, -0.05) is 18.2 Å². The third-order valence-corrected chi connectivity index (χ3v) is 5.45. The van der Waals surface area contributed by atoms with Gasteiger partial charge in [-0.3, -0.25) is 14.6 Å². The van der Waals surface area contributed by atoms with Gasteiger partial charge in [-0.05, 0) is 36.8 Å². The van der Waals surface area contributed by atoms with Crippen LogP contribution in [0, 0.1) is 5.82 Å². The molecular formula is C22H25F4N3O2. The first-order valence-corrected chi connectivity index (χ1v) is 9.95. The largest absolute Gasteiger partial charge is 0.494 e. The molecule has 0 bridgehead atoms. The molecule has 9 heteroatoms. The highest BCUT2D eigenvalue weighted by Crippen LogP contribution is 2.34. The second-order valence-electron chi connectivity index (χ2n) is 7.49. The zero-order valence-electron chi connectivity index (χ0n) is 17.4. The number of hydrogen-bond donors (Lipinski definition) is 1. The number of alkyl halides is 3. The Bertz CT molecular complexity index is 912. The van der Waals surface area contributed by atoms with E-state index in [-0.39, 0.29) is 11.4 Å². The summed E-state index contributed by atoms with van der Waals surface area (Å²) in [5, 5.41) is 2.41. The average Bonchev–Trinajstić information content (AvgIpc) is 2.73.